The Morgan fingerprint density at radius 3 is 2.79 bits per heavy atom. The topological polar surface area (TPSA) is 76.6 Å². The van der Waals surface area contributed by atoms with Crippen LogP contribution in [0.1, 0.15) is 25.6 Å². The number of anilines is 1. The van der Waals surface area contributed by atoms with Gasteiger partial charge in [0.25, 0.3) is 5.91 Å². The summed E-state index contributed by atoms with van der Waals surface area (Å²) < 4.78 is 11.3. The van der Waals surface area contributed by atoms with Gasteiger partial charge in [0.15, 0.2) is 6.10 Å². The molecule has 0 spiro atoms. The molecule has 1 aromatic carbocycles. The van der Waals surface area contributed by atoms with E-state index in [0.717, 1.165) is 18.9 Å². The number of halogens is 1. The average molecular weight is 405 g/mol. The number of nitrogens with zero attached hydrogens (tertiary/aromatic N) is 3. The number of rotatable bonds is 8. The summed E-state index contributed by atoms with van der Waals surface area (Å²) in [7, 11) is 0. The van der Waals surface area contributed by atoms with E-state index in [1.54, 1.807) is 31.2 Å². The van der Waals surface area contributed by atoms with Crippen molar-refractivity contribution in [2.24, 2.45) is 0 Å². The van der Waals surface area contributed by atoms with Crippen LogP contribution >= 0.6 is 11.6 Å². The lowest BCUT2D eigenvalue weighted by Gasteiger charge is -2.18. The van der Waals surface area contributed by atoms with Crippen molar-refractivity contribution >= 4 is 23.3 Å². The zero-order valence-corrected chi connectivity index (χ0v) is 16.9. The van der Waals surface area contributed by atoms with Gasteiger partial charge >= 0.3 is 0 Å². The number of carbonyl (C=O) groups is 1. The molecule has 0 aliphatic carbocycles. The maximum atomic E-state index is 12.2. The second-order valence-electron chi connectivity index (χ2n) is 6.64. The number of para-hydroxylation sites is 1. The van der Waals surface area contributed by atoms with E-state index in [4.69, 9.17) is 21.1 Å². The Bertz CT molecular complexity index is 812. The number of benzene rings is 1. The third-order valence-electron chi connectivity index (χ3n) is 4.39. The van der Waals surface area contributed by atoms with Crippen molar-refractivity contribution in [1.29, 1.82) is 0 Å². The second-order valence-corrected chi connectivity index (χ2v) is 7.04. The number of nitrogens with one attached hydrogen (secondary N) is 1. The molecule has 1 unspecified atom stereocenters. The lowest BCUT2D eigenvalue weighted by Crippen LogP contribution is -2.38. The molecule has 1 aliphatic rings. The molecular formula is C20H25ClN4O3. The summed E-state index contributed by atoms with van der Waals surface area (Å²) in [4.78, 5) is 23.2. The normalized spacial score (nSPS) is 14.6. The second kappa shape index (κ2) is 9.59. The number of ether oxygens (including phenoxy) is 2. The van der Waals surface area contributed by atoms with E-state index in [1.807, 2.05) is 13.0 Å². The van der Waals surface area contributed by atoms with E-state index in [-0.39, 0.29) is 5.91 Å². The van der Waals surface area contributed by atoms with Crippen molar-refractivity contribution in [3.63, 3.8) is 0 Å². The lowest BCUT2D eigenvalue weighted by molar-refractivity contribution is -0.127. The first-order valence-electron chi connectivity index (χ1n) is 9.45. The van der Waals surface area contributed by atoms with Crippen LogP contribution in [0.25, 0.3) is 0 Å². The van der Waals surface area contributed by atoms with Gasteiger partial charge in [0, 0.05) is 19.2 Å². The van der Waals surface area contributed by atoms with Crippen molar-refractivity contribution in [2.45, 2.75) is 32.8 Å². The zero-order valence-electron chi connectivity index (χ0n) is 16.2. The molecule has 8 heteroatoms. The van der Waals surface area contributed by atoms with Crippen LogP contribution in [-0.2, 0) is 4.79 Å². The van der Waals surface area contributed by atoms with Gasteiger partial charge in [-0.1, -0.05) is 23.7 Å². The minimum absolute atomic E-state index is 0.236. The molecule has 2 aromatic rings. The molecule has 1 saturated heterocycles. The van der Waals surface area contributed by atoms with Crippen LogP contribution in [0, 0.1) is 6.92 Å². The highest BCUT2D eigenvalue weighted by Crippen LogP contribution is 2.24. The Morgan fingerprint density at radius 2 is 2.04 bits per heavy atom. The number of carbonyl (C=O) groups excluding carboxylic acids is 1. The smallest absolute Gasteiger partial charge is 0.260 e. The molecule has 1 fully saturated rings. The van der Waals surface area contributed by atoms with Crippen LogP contribution in [0.4, 0.5) is 5.82 Å². The van der Waals surface area contributed by atoms with E-state index in [9.17, 15) is 4.79 Å². The fraction of sp³-hybridized carbons (Fsp3) is 0.450. The van der Waals surface area contributed by atoms with E-state index in [0.29, 0.717) is 35.6 Å². The highest BCUT2D eigenvalue weighted by molar-refractivity contribution is 6.32. The van der Waals surface area contributed by atoms with Gasteiger partial charge < -0.3 is 19.7 Å². The Kier molecular flexibility index (Phi) is 6.92. The zero-order chi connectivity index (χ0) is 19.9. The van der Waals surface area contributed by atoms with Gasteiger partial charge in [-0.2, -0.15) is 4.98 Å². The number of amides is 1. The number of aryl methyl sites for hydroxylation is 1. The maximum Gasteiger partial charge on any atom is 0.260 e. The average Bonchev–Trinajstić information content (AvgIpc) is 3.21. The van der Waals surface area contributed by atoms with Gasteiger partial charge in [-0.05, 0) is 38.8 Å². The summed E-state index contributed by atoms with van der Waals surface area (Å²) in [6.07, 6.45) is 1.70. The molecule has 28 heavy (non-hydrogen) atoms. The molecule has 1 N–H and O–H groups in total. The van der Waals surface area contributed by atoms with Crippen molar-refractivity contribution in [1.82, 2.24) is 15.3 Å². The van der Waals surface area contributed by atoms with E-state index in [2.05, 4.69) is 20.2 Å². The summed E-state index contributed by atoms with van der Waals surface area (Å²) in [5, 5.41) is 3.26. The van der Waals surface area contributed by atoms with E-state index < -0.39 is 6.10 Å². The molecule has 1 aliphatic heterocycles. The molecule has 1 aromatic heterocycles. The largest absolute Gasteiger partial charge is 0.479 e. The maximum absolute atomic E-state index is 12.2. The SMILES string of the molecule is Cc1nc(OCCNC(=O)C(C)Oc2ccccc2Cl)cc(N2CCCC2)n1. The number of hydrogen-bond donors (Lipinski definition) is 1. The van der Waals surface area contributed by atoms with Crippen LogP contribution in [-0.4, -0.2) is 48.2 Å². The summed E-state index contributed by atoms with van der Waals surface area (Å²) >= 11 is 6.05. The highest BCUT2D eigenvalue weighted by Gasteiger charge is 2.17. The van der Waals surface area contributed by atoms with Crippen LogP contribution in [0.3, 0.4) is 0 Å². The summed E-state index contributed by atoms with van der Waals surface area (Å²) in [5.74, 6) is 2.33. The van der Waals surface area contributed by atoms with Crippen LogP contribution in [0.5, 0.6) is 11.6 Å². The minimum atomic E-state index is -0.664. The molecule has 150 valence electrons. The predicted molar refractivity (Wildman–Crippen MR) is 108 cm³/mol. The molecule has 0 saturated carbocycles. The fourth-order valence-corrected chi connectivity index (χ4v) is 3.15. The monoisotopic (exact) mass is 404 g/mol. The van der Waals surface area contributed by atoms with Gasteiger partial charge in [-0.3, -0.25) is 4.79 Å². The van der Waals surface area contributed by atoms with Crippen molar-refractivity contribution in [2.75, 3.05) is 31.1 Å². The third-order valence-corrected chi connectivity index (χ3v) is 4.70. The first kappa shape index (κ1) is 20.2. The molecule has 1 atom stereocenters. The summed E-state index contributed by atoms with van der Waals surface area (Å²) in [6, 6.07) is 8.91. The Balaban J connectivity index is 1.45. The van der Waals surface area contributed by atoms with Crippen LogP contribution in [0.15, 0.2) is 30.3 Å². The standard InChI is InChI=1S/C20H25ClN4O3/c1-14(28-17-8-4-3-7-16(17)21)20(26)22-9-12-27-19-13-18(23-15(2)24-19)25-10-5-6-11-25/h3-4,7-8,13-14H,5-6,9-12H2,1-2H3,(H,22,26). The van der Waals surface area contributed by atoms with E-state index in [1.165, 1.54) is 12.8 Å². The lowest BCUT2D eigenvalue weighted by atomic mass is 10.3. The predicted octanol–water partition coefficient (Wildman–Crippen LogP) is 3.00. The summed E-state index contributed by atoms with van der Waals surface area (Å²) in [5.41, 5.74) is 0. The molecule has 2 heterocycles. The Morgan fingerprint density at radius 1 is 1.29 bits per heavy atom. The first-order chi connectivity index (χ1) is 13.5. The first-order valence-corrected chi connectivity index (χ1v) is 9.83. The number of hydrogen-bond acceptors (Lipinski definition) is 6. The molecule has 7 nitrogen and oxygen atoms in total. The van der Waals surface area contributed by atoms with Gasteiger partial charge in [-0.15, -0.1) is 0 Å². The van der Waals surface area contributed by atoms with Crippen LogP contribution in [0.2, 0.25) is 5.02 Å². The van der Waals surface area contributed by atoms with Crippen molar-refractivity contribution < 1.29 is 14.3 Å². The van der Waals surface area contributed by atoms with Gasteiger partial charge in [0.2, 0.25) is 5.88 Å². The molecule has 0 bridgehead atoms. The summed E-state index contributed by atoms with van der Waals surface area (Å²) in [6.45, 7) is 6.19. The van der Waals surface area contributed by atoms with Gasteiger partial charge in [-0.25, -0.2) is 4.98 Å². The minimum Gasteiger partial charge on any atom is -0.479 e. The highest BCUT2D eigenvalue weighted by atomic mass is 35.5. The number of aromatic nitrogens is 2. The Labute approximate surface area is 170 Å². The molecule has 1 amide bonds. The van der Waals surface area contributed by atoms with Crippen LogP contribution < -0.4 is 19.7 Å². The van der Waals surface area contributed by atoms with Gasteiger partial charge in [0.05, 0.1) is 11.6 Å². The molecule has 0 radical (unpaired) electrons. The Hall–Kier alpha value is -2.54. The van der Waals surface area contributed by atoms with Crippen molar-refractivity contribution in [3.05, 3.63) is 41.2 Å². The fourth-order valence-electron chi connectivity index (χ4n) is 2.97. The van der Waals surface area contributed by atoms with Gasteiger partial charge in [0.1, 0.15) is 24.0 Å². The molecular weight excluding hydrogens is 380 g/mol. The van der Waals surface area contributed by atoms with E-state index >= 15 is 0 Å². The molecule has 3 rings (SSSR count). The third kappa shape index (κ3) is 5.48. The quantitative estimate of drug-likeness (QED) is 0.681. The van der Waals surface area contributed by atoms with Crippen molar-refractivity contribution in [3.8, 4) is 11.6 Å².